The summed E-state index contributed by atoms with van der Waals surface area (Å²) in [7, 11) is 0. The molecule has 0 radical (unpaired) electrons. The largest absolute Gasteiger partial charge is 0.308 e. The minimum atomic E-state index is 0.302. The molecule has 2 heterocycles. The van der Waals surface area contributed by atoms with Crippen LogP contribution in [0.2, 0.25) is 0 Å². The number of benzene rings is 1. The van der Waals surface area contributed by atoms with Crippen LogP contribution in [0, 0.1) is 19.8 Å². The fourth-order valence-electron chi connectivity index (χ4n) is 2.99. The molecular weight excluding hydrogens is 248 g/mol. The smallest absolute Gasteiger partial charge is 0.164 e. The van der Waals surface area contributed by atoms with Gasteiger partial charge in [0.05, 0.1) is 6.04 Å². The number of nitrogens with zero attached hydrogens (tertiary/aromatic N) is 3. The molecule has 2 aromatic rings. The van der Waals surface area contributed by atoms with E-state index in [1.807, 2.05) is 0 Å². The molecule has 0 spiro atoms. The first-order chi connectivity index (χ1) is 9.58. The van der Waals surface area contributed by atoms with Gasteiger partial charge in [-0.05, 0) is 25.3 Å². The Morgan fingerprint density at radius 1 is 1.25 bits per heavy atom. The number of hydrogen-bond donors (Lipinski definition) is 1. The van der Waals surface area contributed by atoms with Gasteiger partial charge in [-0.3, -0.25) is 0 Å². The van der Waals surface area contributed by atoms with E-state index in [0.717, 1.165) is 24.7 Å². The number of fused-ring (bicyclic) bond motifs is 1. The van der Waals surface area contributed by atoms with E-state index in [1.54, 1.807) is 0 Å². The summed E-state index contributed by atoms with van der Waals surface area (Å²) in [6, 6.07) is 6.81. The van der Waals surface area contributed by atoms with Crippen molar-refractivity contribution in [2.24, 2.45) is 5.92 Å². The van der Waals surface area contributed by atoms with Crippen LogP contribution in [-0.4, -0.2) is 21.3 Å². The van der Waals surface area contributed by atoms with E-state index >= 15 is 0 Å². The average molecular weight is 270 g/mol. The van der Waals surface area contributed by atoms with Crippen LogP contribution >= 0.6 is 0 Å². The minimum absolute atomic E-state index is 0.302. The Labute approximate surface area is 120 Å². The summed E-state index contributed by atoms with van der Waals surface area (Å²) < 4.78 is 2.28. The van der Waals surface area contributed by atoms with Gasteiger partial charge in [0, 0.05) is 18.7 Å². The Bertz CT molecular complexity index is 627. The Kier molecular flexibility index (Phi) is 3.34. The summed E-state index contributed by atoms with van der Waals surface area (Å²) in [5.74, 6) is 2.59. The maximum Gasteiger partial charge on any atom is 0.164 e. The second-order valence-electron chi connectivity index (χ2n) is 6.03. The quantitative estimate of drug-likeness (QED) is 0.912. The third kappa shape index (κ3) is 2.14. The molecule has 1 aliphatic heterocycles. The summed E-state index contributed by atoms with van der Waals surface area (Å²) in [6.07, 6.45) is 0. The molecule has 1 aromatic heterocycles. The van der Waals surface area contributed by atoms with Crippen LogP contribution in [0.25, 0.3) is 11.4 Å². The van der Waals surface area contributed by atoms with Crippen LogP contribution in [0.4, 0.5) is 0 Å². The molecule has 20 heavy (non-hydrogen) atoms. The van der Waals surface area contributed by atoms with E-state index in [2.05, 4.69) is 66.0 Å². The number of aryl methyl sites for hydroxylation is 2. The molecule has 1 atom stereocenters. The predicted molar refractivity (Wildman–Crippen MR) is 80.5 cm³/mol. The zero-order valence-electron chi connectivity index (χ0n) is 12.6. The van der Waals surface area contributed by atoms with E-state index < -0.39 is 0 Å². The number of hydrogen-bond acceptors (Lipinski definition) is 3. The van der Waals surface area contributed by atoms with Crippen LogP contribution in [0.1, 0.15) is 36.8 Å². The van der Waals surface area contributed by atoms with Gasteiger partial charge in [-0.25, -0.2) is 0 Å². The molecule has 4 heteroatoms. The van der Waals surface area contributed by atoms with E-state index in [0.29, 0.717) is 12.0 Å². The first kappa shape index (κ1) is 13.3. The molecule has 0 bridgehead atoms. The van der Waals surface area contributed by atoms with Gasteiger partial charge in [-0.15, -0.1) is 10.2 Å². The van der Waals surface area contributed by atoms with E-state index in [4.69, 9.17) is 0 Å². The molecular formula is C16H22N4. The lowest BCUT2D eigenvalue weighted by molar-refractivity contribution is 0.339. The zero-order valence-corrected chi connectivity index (χ0v) is 12.6. The summed E-state index contributed by atoms with van der Waals surface area (Å²) >= 11 is 0. The summed E-state index contributed by atoms with van der Waals surface area (Å²) in [6.45, 7) is 10.6. The Morgan fingerprint density at radius 2 is 2.05 bits per heavy atom. The molecule has 4 nitrogen and oxygen atoms in total. The Morgan fingerprint density at radius 3 is 2.75 bits per heavy atom. The monoisotopic (exact) mass is 270 g/mol. The number of rotatable bonds is 2. The normalized spacial score (nSPS) is 18.4. The second kappa shape index (κ2) is 5.02. The van der Waals surface area contributed by atoms with Crippen molar-refractivity contribution in [1.29, 1.82) is 0 Å². The highest BCUT2D eigenvalue weighted by Crippen LogP contribution is 2.29. The molecule has 0 aliphatic carbocycles. The van der Waals surface area contributed by atoms with Crippen LogP contribution in [-0.2, 0) is 6.54 Å². The van der Waals surface area contributed by atoms with Gasteiger partial charge in [-0.1, -0.05) is 37.6 Å². The van der Waals surface area contributed by atoms with Gasteiger partial charge in [0.15, 0.2) is 11.6 Å². The fraction of sp³-hybridized carbons (Fsp3) is 0.500. The van der Waals surface area contributed by atoms with Crippen molar-refractivity contribution in [1.82, 2.24) is 20.1 Å². The van der Waals surface area contributed by atoms with Gasteiger partial charge >= 0.3 is 0 Å². The molecule has 106 valence electrons. The van der Waals surface area contributed by atoms with Gasteiger partial charge in [-0.2, -0.15) is 0 Å². The first-order valence-corrected chi connectivity index (χ1v) is 7.32. The van der Waals surface area contributed by atoms with E-state index in [9.17, 15) is 0 Å². The highest BCUT2D eigenvalue weighted by molar-refractivity contribution is 5.61. The molecule has 0 fully saturated rings. The zero-order chi connectivity index (χ0) is 14.3. The van der Waals surface area contributed by atoms with Crippen molar-refractivity contribution >= 4 is 0 Å². The van der Waals surface area contributed by atoms with Crippen LogP contribution in [0.5, 0.6) is 0 Å². The van der Waals surface area contributed by atoms with Crippen molar-refractivity contribution in [2.75, 3.05) is 6.54 Å². The van der Waals surface area contributed by atoms with E-state index in [-0.39, 0.29) is 0 Å². The van der Waals surface area contributed by atoms with Crippen LogP contribution in [0.3, 0.4) is 0 Å². The van der Waals surface area contributed by atoms with E-state index in [1.165, 1.54) is 16.7 Å². The van der Waals surface area contributed by atoms with Crippen molar-refractivity contribution in [3.63, 3.8) is 0 Å². The molecule has 1 unspecified atom stereocenters. The maximum atomic E-state index is 4.46. The standard InChI is InChI=1S/C16H22N4/c1-10(2)14-16-19-18-15(20(16)8-7-17-14)13-6-5-11(3)9-12(13)4/h5-6,9-10,14,17H,7-8H2,1-4H3. The summed E-state index contributed by atoms with van der Waals surface area (Å²) in [5.41, 5.74) is 3.74. The molecule has 1 N–H and O–H groups in total. The SMILES string of the molecule is Cc1ccc(-c2nnc3n2CCNC3C(C)C)c(C)c1. The van der Waals surface area contributed by atoms with Gasteiger partial charge < -0.3 is 9.88 Å². The van der Waals surface area contributed by atoms with Crippen molar-refractivity contribution in [2.45, 2.75) is 40.3 Å². The summed E-state index contributed by atoms with van der Waals surface area (Å²) in [5, 5.41) is 12.5. The molecule has 0 amide bonds. The van der Waals surface area contributed by atoms with Crippen LogP contribution in [0.15, 0.2) is 18.2 Å². The van der Waals surface area contributed by atoms with Crippen molar-refractivity contribution < 1.29 is 0 Å². The number of nitrogens with one attached hydrogen (secondary N) is 1. The average Bonchev–Trinajstić information content (AvgIpc) is 2.82. The minimum Gasteiger partial charge on any atom is -0.308 e. The first-order valence-electron chi connectivity index (χ1n) is 7.32. The lowest BCUT2D eigenvalue weighted by atomic mass is 10.0. The molecule has 1 aliphatic rings. The molecule has 0 saturated heterocycles. The third-order valence-electron chi connectivity index (χ3n) is 4.05. The lowest BCUT2D eigenvalue weighted by Crippen LogP contribution is -2.36. The fourth-order valence-corrected chi connectivity index (χ4v) is 2.99. The highest BCUT2D eigenvalue weighted by Gasteiger charge is 2.27. The molecule has 0 saturated carbocycles. The van der Waals surface area contributed by atoms with Crippen molar-refractivity contribution in [3.8, 4) is 11.4 Å². The lowest BCUT2D eigenvalue weighted by Gasteiger charge is -2.27. The maximum absolute atomic E-state index is 4.46. The predicted octanol–water partition coefficient (Wildman–Crippen LogP) is 2.86. The molecule has 3 rings (SSSR count). The molecule has 1 aromatic carbocycles. The highest BCUT2D eigenvalue weighted by atomic mass is 15.3. The van der Waals surface area contributed by atoms with Crippen molar-refractivity contribution in [3.05, 3.63) is 35.2 Å². The second-order valence-corrected chi connectivity index (χ2v) is 6.03. The van der Waals surface area contributed by atoms with Crippen LogP contribution < -0.4 is 5.32 Å². The Hall–Kier alpha value is -1.68. The van der Waals surface area contributed by atoms with Gasteiger partial charge in [0.1, 0.15) is 0 Å². The van der Waals surface area contributed by atoms with Gasteiger partial charge in [0.2, 0.25) is 0 Å². The van der Waals surface area contributed by atoms with Gasteiger partial charge in [0.25, 0.3) is 0 Å². The Balaban J connectivity index is 2.08. The third-order valence-corrected chi connectivity index (χ3v) is 4.05. The topological polar surface area (TPSA) is 42.7 Å². The number of aromatic nitrogens is 3. The summed E-state index contributed by atoms with van der Waals surface area (Å²) in [4.78, 5) is 0.